The second kappa shape index (κ2) is 8.17. The van der Waals surface area contributed by atoms with Crippen LogP contribution in [0.25, 0.3) is 0 Å². The van der Waals surface area contributed by atoms with Gasteiger partial charge in [0.1, 0.15) is 6.04 Å². The topological polar surface area (TPSA) is 71.3 Å². The molecule has 1 atom stereocenters. The lowest BCUT2D eigenvalue weighted by molar-refractivity contribution is -0.123. The van der Waals surface area contributed by atoms with Crippen molar-refractivity contribution in [1.82, 2.24) is 10.6 Å². The second-order valence-corrected chi connectivity index (χ2v) is 5.70. The third-order valence-electron chi connectivity index (χ3n) is 3.54. The summed E-state index contributed by atoms with van der Waals surface area (Å²) in [7, 11) is 0. The fourth-order valence-corrected chi connectivity index (χ4v) is 2.24. The van der Waals surface area contributed by atoms with Crippen molar-refractivity contribution in [2.24, 2.45) is 5.92 Å². The number of rotatable bonds is 7. The fraction of sp³-hybridized carbons (Fsp3) is 0.333. The predicted octanol–water partition coefficient (Wildman–Crippen LogP) is 2.39. The summed E-state index contributed by atoms with van der Waals surface area (Å²) in [6.07, 6.45) is 2.18. The molecule has 5 heteroatoms. The highest BCUT2D eigenvalue weighted by Gasteiger charge is 2.25. The molecule has 2 amide bonds. The number of furan rings is 1. The zero-order valence-corrected chi connectivity index (χ0v) is 13.4. The molecule has 0 saturated carbocycles. The minimum absolute atomic E-state index is 0.0226. The molecule has 0 radical (unpaired) electrons. The summed E-state index contributed by atoms with van der Waals surface area (Å²) in [5.74, 6) is -0.388. The molecule has 0 aliphatic rings. The molecule has 0 aliphatic heterocycles. The molecule has 0 spiro atoms. The van der Waals surface area contributed by atoms with E-state index in [0.717, 1.165) is 12.0 Å². The van der Waals surface area contributed by atoms with Gasteiger partial charge in [-0.25, -0.2) is 0 Å². The fourth-order valence-electron chi connectivity index (χ4n) is 2.24. The van der Waals surface area contributed by atoms with Crippen LogP contribution in [0, 0.1) is 5.92 Å². The monoisotopic (exact) mass is 314 g/mol. The maximum absolute atomic E-state index is 12.3. The average molecular weight is 314 g/mol. The zero-order valence-electron chi connectivity index (χ0n) is 13.4. The van der Waals surface area contributed by atoms with Gasteiger partial charge in [-0.3, -0.25) is 9.59 Å². The largest absolute Gasteiger partial charge is 0.459 e. The van der Waals surface area contributed by atoms with Crippen LogP contribution in [0.5, 0.6) is 0 Å². The molecule has 2 aromatic rings. The highest BCUT2D eigenvalue weighted by Crippen LogP contribution is 2.06. The van der Waals surface area contributed by atoms with Crippen molar-refractivity contribution in [2.45, 2.75) is 26.3 Å². The van der Waals surface area contributed by atoms with Crippen LogP contribution in [0.1, 0.15) is 30.0 Å². The molecule has 1 aromatic heterocycles. The molecule has 1 unspecified atom stereocenters. The van der Waals surface area contributed by atoms with Gasteiger partial charge in [-0.15, -0.1) is 0 Å². The van der Waals surface area contributed by atoms with E-state index in [1.54, 1.807) is 12.1 Å². The van der Waals surface area contributed by atoms with Crippen LogP contribution >= 0.6 is 0 Å². The molecule has 1 heterocycles. The van der Waals surface area contributed by atoms with E-state index >= 15 is 0 Å². The first kappa shape index (κ1) is 16.8. The van der Waals surface area contributed by atoms with E-state index < -0.39 is 6.04 Å². The molecule has 2 rings (SSSR count). The Morgan fingerprint density at radius 1 is 1.09 bits per heavy atom. The molecular formula is C18H22N2O3. The SMILES string of the molecule is CC(C)C(NC(=O)c1ccco1)C(=O)NCCc1ccccc1. The van der Waals surface area contributed by atoms with Crippen molar-refractivity contribution in [1.29, 1.82) is 0 Å². The Hall–Kier alpha value is -2.56. The normalized spacial score (nSPS) is 12.0. The van der Waals surface area contributed by atoms with E-state index in [4.69, 9.17) is 4.42 Å². The van der Waals surface area contributed by atoms with Crippen LogP contribution in [0.2, 0.25) is 0 Å². The Bertz CT molecular complexity index is 621. The third-order valence-corrected chi connectivity index (χ3v) is 3.54. The number of hydrogen-bond acceptors (Lipinski definition) is 3. The lowest BCUT2D eigenvalue weighted by Gasteiger charge is -2.21. The van der Waals surface area contributed by atoms with E-state index in [0.29, 0.717) is 6.54 Å². The standard InChI is InChI=1S/C18H22N2O3/c1-13(2)16(20-17(21)15-9-6-12-23-15)18(22)19-11-10-14-7-4-3-5-8-14/h3-9,12-13,16H,10-11H2,1-2H3,(H,19,22)(H,20,21). The van der Waals surface area contributed by atoms with Gasteiger partial charge in [0, 0.05) is 6.54 Å². The first-order chi connectivity index (χ1) is 11.1. The average Bonchev–Trinajstić information content (AvgIpc) is 3.07. The molecule has 23 heavy (non-hydrogen) atoms. The van der Waals surface area contributed by atoms with E-state index in [1.807, 2.05) is 44.2 Å². The lowest BCUT2D eigenvalue weighted by Crippen LogP contribution is -2.50. The summed E-state index contributed by atoms with van der Waals surface area (Å²) >= 11 is 0. The quantitative estimate of drug-likeness (QED) is 0.824. The van der Waals surface area contributed by atoms with Crippen LogP contribution < -0.4 is 10.6 Å². The summed E-state index contributed by atoms with van der Waals surface area (Å²) in [6.45, 7) is 4.32. The highest BCUT2D eigenvalue weighted by molar-refractivity contribution is 5.95. The van der Waals surface area contributed by atoms with Gasteiger partial charge in [-0.05, 0) is 30.0 Å². The van der Waals surface area contributed by atoms with Crippen molar-refractivity contribution in [2.75, 3.05) is 6.54 Å². The Balaban J connectivity index is 1.87. The maximum Gasteiger partial charge on any atom is 0.287 e. The number of carbonyl (C=O) groups is 2. The molecule has 0 bridgehead atoms. The van der Waals surface area contributed by atoms with Gasteiger partial charge in [0.25, 0.3) is 5.91 Å². The van der Waals surface area contributed by atoms with Crippen LogP contribution in [0.3, 0.4) is 0 Å². The van der Waals surface area contributed by atoms with Crippen molar-refractivity contribution in [3.63, 3.8) is 0 Å². The van der Waals surface area contributed by atoms with E-state index in [1.165, 1.54) is 6.26 Å². The Kier molecular flexibility index (Phi) is 5.97. The Morgan fingerprint density at radius 2 is 1.83 bits per heavy atom. The van der Waals surface area contributed by atoms with E-state index in [2.05, 4.69) is 10.6 Å². The van der Waals surface area contributed by atoms with Crippen LogP contribution in [0.15, 0.2) is 53.1 Å². The van der Waals surface area contributed by atoms with Crippen molar-refractivity contribution in [3.8, 4) is 0 Å². The lowest BCUT2D eigenvalue weighted by atomic mass is 10.0. The molecule has 0 aliphatic carbocycles. The van der Waals surface area contributed by atoms with Crippen LogP contribution in [0.4, 0.5) is 0 Å². The summed E-state index contributed by atoms with van der Waals surface area (Å²) in [5.41, 5.74) is 1.16. The Morgan fingerprint density at radius 3 is 2.43 bits per heavy atom. The van der Waals surface area contributed by atoms with E-state index in [9.17, 15) is 9.59 Å². The summed E-state index contributed by atoms with van der Waals surface area (Å²) in [4.78, 5) is 24.4. The number of hydrogen-bond donors (Lipinski definition) is 2. The van der Waals surface area contributed by atoms with Crippen molar-refractivity contribution in [3.05, 3.63) is 60.1 Å². The van der Waals surface area contributed by atoms with Gasteiger partial charge in [0.05, 0.1) is 6.26 Å². The number of amides is 2. The molecule has 2 N–H and O–H groups in total. The first-order valence-corrected chi connectivity index (χ1v) is 7.74. The smallest absolute Gasteiger partial charge is 0.287 e. The number of benzene rings is 1. The molecule has 0 fully saturated rings. The van der Waals surface area contributed by atoms with Gasteiger partial charge in [-0.2, -0.15) is 0 Å². The van der Waals surface area contributed by atoms with Gasteiger partial charge in [-0.1, -0.05) is 44.2 Å². The minimum Gasteiger partial charge on any atom is -0.459 e. The molecule has 5 nitrogen and oxygen atoms in total. The van der Waals surface area contributed by atoms with Crippen LogP contribution in [-0.2, 0) is 11.2 Å². The molecule has 1 aromatic carbocycles. The number of carbonyl (C=O) groups excluding carboxylic acids is 2. The molecular weight excluding hydrogens is 292 g/mol. The second-order valence-electron chi connectivity index (χ2n) is 5.70. The first-order valence-electron chi connectivity index (χ1n) is 7.74. The Labute approximate surface area is 136 Å². The van der Waals surface area contributed by atoms with Gasteiger partial charge in [0.15, 0.2) is 5.76 Å². The maximum atomic E-state index is 12.3. The summed E-state index contributed by atoms with van der Waals surface area (Å²) in [5, 5.41) is 5.60. The van der Waals surface area contributed by atoms with Crippen LogP contribution in [-0.4, -0.2) is 24.4 Å². The summed E-state index contributed by atoms with van der Waals surface area (Å²) in [6, 6.07) is 12.5. The van der Waals surface area contributed by atoms with Gasteiger partial charge in [0.2, 0.25) is 5.91 Å². The van der Waals surface area contributed by atoms with Crippen molar-refractivity contribution >= 4 is 11.8 Å². The van der Waals surface area contributed by atoms with Gasteiger partial charge < -0.3 is 15.1 Å². The molecule has 0 saturated heterocycles. The third kappa shape index (κ3) is 4.98. The predicted molar refractivity (Wildman–Crippen MR) is 88.0 cm³/mol. The molecule has 122 valence electrons. The highest BCUT2D eigenvalue weighted by atomic mass is 16.3. The van der Waals surface area contributed by atoms with Gasteiger partial charge >= 0.3 is 0 Å². The zero-order chi connectivity index (χ0) is 16.7. The minimum atomic E-state index is -0.594. The summed E-state index contributed by atoms with van der Waals surface area (Å²) < 4.78 is 5.05. The van der Waals surface area contributed by atoms with Crippen molar-refractivity contribution < 1.29 is 14.0 Å². The van der Waals surface area contributed by atoms with E-state index in [-0.39, 0.29) is 23.5 Å². The number of nitrogens with one attached hydrogen (secondary N) is 2.